The molecule has 0 radical (unpaired) electrons. The Morgan fingerprint density at radius 2 is 1.16 bits per heavy atom. The van der Waals surface area contributed by atoms with Crippen molar-refractivity contribution < 1.29 is 0 Å². The van der Waals surface area contributed by atoms with Crippen molar-refractivity contribution >= 4 is 11.3 Å². The van der Waals surface area contributed by atoms with Gasteiger partial charge in [0.2, 0.25) is 0 Å². The van der Waals surface area contributed by atoms with Gasteiger partial charge in [-0.15, -0.1) is 11.3 Å². The van der Waals surface area contributed by atoms with E-state index in [9.17, 15) is 0 Å². The topological polar surface area (TPSA) is 24.1 Å². The standard InChI is InChI=1S/C35H34N2S/c1-3-9-27(10-4-1)29-13-7-15-31(21-29)34-23-33(25-37-24-26-17-19-36-20-18-26)38-35(34)32-16-8-14-30(22-32)28-11-5-2-6-12-28/h1-16,21-23,26,36-37H,17-20,24-25H2. The molecule has 1 aliphatic rings. The average molecular weight is 515 g/mol. The van der Waals surface area contributed by atoms with Gasteiger partial charge in [0.15, 0.2) is 0 Å². The van der Waals surface area contributed by atoms with Gasteiger partial charge in [0, 0.05) is 21.9 Å². The Morgan fingerprint density at radius 1 is 0.605 bits per heavy atom. The van der Waals surface area contributed by atoms with Crippen molar-refractivity contribution in [2.45, 2.75) is 19.4 Å². The van der Waals surface area contributed by atoms with Gasteiger partial charge < -0.3 is 10.6 Å². The molecule has 2 N–H and O–H groups in total. The first-order valence-electron chi connectivity index (χ1n) is 13.7. The van der Waals surface area contributed by atoms with Gasteiger partial charge in [0.05, 0.1) is 0 Å². The van der Waals surface area contributed by atoms with E-state index in [-0.39, 0.29) is 0 Å². The lowest BCUT2D eigenvalue weighted by molar-refractivity contribution is 0.357. The second kappa shape index (κ2) is 11.9. The van der Waals surface area contributed by atoms with Crippen molar-refractivity contribution in [3.8, 4) is 43.8 Å². The Bertz CT molecular complexity index is 1370. The predicted octanol–water partition coefficient (Wildman–Crippen LogP) is 8.51. The lowest BCUT2D eigenvalue weighted by Gasteiger charge is -2.22. The summed E-state index contributed by atoms with van der Waals surface area (Å²) in [5.41, 5.74) is 8.88. The maximum absolute atomic E-state index is 3.77. The molecule has 1 aromatic heterocycles. The maximum atomic E-state index is 3.77. The number of hydrogen-bond donors (Lipinski definition) is 2. The molecule has 0 unspecified atom stereocenters. The lowest BCUT2D eigenvalue weighted by atomic mass is 9.96. The van der Waals surface area contributed by atoms with E-state index in [1.807, 2.05) is 11.3 Å². The molecule has 4 aromatic carbocycles. The van der Waals surface area contributed by atoms with Gasteiger partial charge >= 0.3 is 0 Å². The molecule has 6 rings (SSSR count). The van der Waals surface area contributed by atoms with Crippen molar-refractivity contribution in [3.63, 3.8) is 0 Å². The quantitative estimate of drug-likeness (QED) is 0.217. The molecule has 0 amide bonds. The molecule has 3 heteroatoms. The average Bonchev–Trinajstić information content (AvgIpc) is 3.43. The molecule has 0 aliphatic carbocycles. The van der Waals surface area contributed by atoms with Crippen LogP contribution < -0.4 is 10.6 Å². The first-order valence-corrected chi connectivity index (χ1v) is 14.5. The van der Waals surface area contributed by atoms with Gasteiger partial charge in [0.25, 0.3) is 0 Å². The molecule has 38 heavy (non-hydrogen) atoms. The first kappa shape index (κ1) is 24.8. The summed E-state index contributed by atoms with van der Waals surface area (Å²) in [4.78, 5) is 2.73. The van der Waals surface area contributed by atoms with Crippen LogP contribution in [0.2, 0.25) is 0 Å². The number of hydrogen-bond acceptors (Lipinski definition) is 3. The third kappa shape index (κ3) is 5.81. The van der Waals surface area contributed by atoms with E-state index in [0.29, 0.717) is 0 Å². The number of nitrogens with one attached hydrogen (secondary N) is 2. The summed E-state index contributed by atoms with van der Waals surface area (Å²) < 4.78 is 0. The summed E-state index contributed by atoms with van der Waals surface area (Å²) in [6.07, 6.45) is 2.54. The monoisotopic (exact) mass is 514 g/mol. The summed E-state index contributed by atoms with van der Waals surface area (Å²) in [6.45, 7) is 4.31. The fourth-order valence-corrected chi connectivity index (χ4v) is 6.56. The molecule has 0 bridgehead atoms. The Hall–Kier alpha value is -3.50. The minimum Gasteiger partial charge on any atom is -0.317 e. The Morgan fingerprint density at radius 3 is 1.82 bits per heavy atom. The molecule has 2 nitrogen and oxygen atoms in total. The van der Waals surface area contributed by atoms with E-state index >= 15 is 0 Å². The highest BCUT2D eigenvalue weighted by Gasteiger charge is 2.16. The molecular formula is C35H34N2S. The zero-order valence-corrected chi connectivity index (χ0v) is 22.5. The molecule has 5 aromatic rings. The van der Waals surface area contributed by atoms with E-state index in [0.717, 1.165) is 32.1 Å². The molecular weight excluding hydrogens is 480 g/mol. The fourth-order valence-electron chi connectivity index (χ4n) is 5.41. The summed E-state index contributed by atoms with van der Waals surface area (Å²) in [6, 6.07) is 41.8. The minimum atomic E-state index is 0.778. The van der Waals surface area contributed by atoms with Crippen LogP contribution in [0, 0.1) is 5.92 Å². The number of thiophene rings is 1. The van der Waals surface area contributed by atoms with Gasteiger partial charge in [-0.3, -0.25) is 0 Å². The van der Waals surface area contributed by atoms with Gasteiger partial charge in [-0.2, -0.15) is 0 Å². The molecule has 0 saturated carbocycles. The molecule has 190 valence electrons. The van der Waals surface area contributed by atoms with Crippen LogP contribution in [0.1, 0.15) is 17.7 Å². The zero-order valence-electron chi connectivity index (χ0n) is 21.7. The lowest BCUT2D eigenvalue weighted by Crippen LogP contribution is -2.33. The van der Waals surface area contributed by atoms with Gasteiger partial charge in [-0.1, -0.05) is 97.1 Å². The van der Waals surface area contributed by atoms with Crippen LogP contribution in [0.4, 0.5) is 0 Å². The molecule has 1 aliphatic heterocycles. The largest absolute Gasteiger partial charge is 0.317 e. The SMILES string of the molecule is c1ccc(-c2cccc(-c3cc(CNCC4CCNCC4)sc3-c3cccc(-c4ccccc4)c3)c2)cc1. The van der Waals surface area contributed by atoms with Crippen molar-refractivity contribution in [2.75, 3.05) is 19.6 Å². The van der Waals surface area contributed by atoms with Crippen molar-refractivity contribution in [1.29, 1.82) is 0 Å². The van der Waals surface area contributed by atoms with Crippen molar-refractivity contribution in [3.05, 3.63) is 120 Å². The van der Waals surface area contributed by atoms with Crippen molar-refractivity contribution in [2.24, 2.45) is 5.92 Å². The van der Waals surface area contributed by atoms with Crippen LogP contribution in [0.15, 0.2) is 115 Å². The van der Waals surface area contributed by atoms with Crippen LogP contribution in [-0.2, 0) is 6.54 Å². The van der Waals surface area contributed by atoms with Crippen LogP contribution in [0.5, 0.6) is 0 Å². The normalized spacial score (nSPS) is 14.0. The second-order valence-electron chi connectivity index (χ2n) is 10.2. The van der Waals surface area contributed by atoms with Gasteiger partial charge in [-0.05, 0) is 90.0 Å². The Labute approximate surface area is 230 Å². The van der Waals surface area contributed by atoms with Crippen LogP contribution in [0.3, 0.4) is 0 Å². The molecule has 0 atom stereocenters. The third-order valence-electron chi connectivity index (χ3n) is 7.49. The summed E-state index contributed by atoms with van der Waals surface area (Å²) in [7, 11) is 0. The maximum Gasteiger partial charge on any atom is 0.0424 e. The highest BCUT2D eigenvalue weighted by Crippen LogP contribution is 2.41. The number of rotatable bonds is 8. The summed E-state index contributed by atoms with van der Waals surface area (Å²) in [5, 5.41) is 7.25. The molecule has 1 saturated heterocycles. The van der Waals surface area contributed by atoms with E-state index in [4.69, 9.17) is 0 Å². The molecule has 2 heterocycles. The Kier molecular flexibility index (Phi) is 7.78. The van der Waals surface area contributed by atoms with E-state index < -0.39 is 0 Å². The first-order chi connectivity index (χ1) is 18.8. The third-order valence-corrected chi connectivity index (χ3v) is 8.67. The fraction of sp³-hybridized carbons (Fsp3) is 0.200. The molecule has 1 fully saturated rings. The van der Waals surface area contributed by atoms with E-state index in [1.54, 1.807) is 0 Å². The van der Waals surface area contributed by atoms with Gasteiger partial charge in [-0.25, -0.2) is 0 Å². The number of piperidine rings is 1. The minimum absolute atomic E-state index is 0.778. The molecule has 0 spiro atoms. The number of benzene rings is 4. The summed E-state index contributed by atoms with van der Waals surface area (Å²) in [5.74, 6) is 0.778. The van der Waals surface area contributed by atoms with Crippen molar-refractivity contribution in [1.82, 2.24) is 10.6 Å². The highest BCUT2D eigenvalue weighted by molar-refractivity contribution is 7.16. The second-order valence-corrected chi connectivity index (χ2v) is 11.3. The van der Waals surface area contributed by atoms with Crippen LogP contribution in [0.25, 0.3) is 43.8 Å². The van der Waals surface area contributed by atoms with Gasteiger partial charge in [0.1, 0.15) is 0 Å². The summed E-state index contributed by atoms with van der Waals surface area (Å²) >= 11 is 1.92. The Balaban J connectivity index is 1.35. The predicted molar refractivity (Wildman–Crippen MR) is 163 cm³/mol. The zero-order chi connectivity index (χ0) is 25.6. The van der Waals surface area contributed by atoms with E-state index in [1.165, 1.54) is 61.5 Å². The van der Waals surface area contributed by atoms with Crippen LogP contribution in [-0.4, -0.2) is 19.6 Å². The van der Waals surface area contributed by atoms with Crippen LogP contribution >= 0.6 is 11.3 Å². The van der Waals surface area contributed by atoms with E-state index in [2.05, 4.69) is 126 Å². The smallest absolute Gasteiger partial charge is 0.0424 e. The highest BCUT2D eigenvalue weighted by atomic mass is 32.1.